The van der Waals surface area contributed by atoms with Gasteiger partial charge in [0, 0.05) is 13.1 Å². The summed E-state index contributed by atoms with van der Waals surface area (Å²) in [4.78, 5) is 18.5. The lowest BCUT2D eigenvalue weighted by molar-refractivity contribution is 0.0205. The summed E-state index contributed by atoms with van der Waals surface area (Å²) in [5, 5.41) is 7.76. The van der Waals surface area contributed by atoms with Gasteiger partial charge in [0.15, 0.2) is 0 Å². The van der Waals surface area contributed by atoms with Crippen molar-refractivity contribution in [2.24, 2.45) is 0 Å². The summed E-state index contributed by atoms with van der Waals surface area (Å²) < 4.78 is 13.8. The van der Waals surface area contributed by atoms with Crippen LogP contribution in [0.3, 0.4) is 0 Å². The number of rotatable bonds is 4. The van der Waals surface area contributed by atoms with Crippen molar-refractivity contribution in [3.05, 3.63) is 46.7 Å². The molecule has 1 amide bonds. The number of hydrogen-bond acceptors (Lipinski definition) is 6. The van der Waals surface area contributed by atoms with Crippen molar-refractivity contribution in [3.8, 4) is 5.75 Å². The number of nitrogens with one attached hydrogen (secondary N) is 1. The van der Waals surface area contributed by atoms with Crippen LogP contribution in [0.1, 0.15) is 45.1 Å². The summed E-state index contributed by atoms with van der Waals surface area (Å²) in [6.07, 6.45) is 3.30. The van der Waals surface area contributed by atoms with E-state index < -0.39 is 5.60 Å². The van der Waals surface area contributed by atoms with Gasteiger partial charge in [0.2, 0.25) is 5.95 Å². The number of piperidine rings is 1. The second-order valence-electron chi connectivity index (χ2n) is 8.90. The molecule has 3 heterocycles. The van der Waals surface area contributed by atoms with Crippen LogP contribution in [0.2, 0.25) is 0 Å². The zero-order valence-electron chi connectivity index (χ0n) is 18.8. The maximum Gasteiger partial charge on any atom is 0.410 e. The number of aromatic nitrogens is 3. The fraction of sp³-hybridized carbons (Fsp3) is 0.435. The standard InChI is InChI=1S/C23H28BrN5O3/c1-23(2,3)32-22(30)28-11-9-15(10-12-28)16-5-7-18(19(13-16)31-4)26-21-25-14-17-6-8-20(24)29(17)27-21/h5-8,13-15H,9-12H2,1-4H3,(H,26,27). The first kappa shape index (κ1) is 22.4. The number of carbonyl (C=O) groups excluding carboxylic acids is 1. The minimum Gasteiger partial charge on any atom is -0.495 e. The van der Waals surface area contributed by atoms with E-state index in [2.05, 4.69) is 43.5 Å². The number of likely N-dealkylation sites (tertiary alicyclic amines) is 1. The highest BCUT2D eigenvalue weighted by atomic mass is 79.9. The molecule has 1 aromatic carbocycles. The number of fused-ring (bicyclic) bond motifs is 1. The molecule has 1 N–H and O–H groups in total. The number of benzene rings is 1. The summed E-state index contributed by atoms with van der Waals surface area (Å²) in [6, 6.07) is 10.0. The van der Waals surface area contributed by atoms with Crippen LogP contribution in [0.5, 0.6) is 5.75 Å². The molecule has 1 aliphatic rings. The van der Waals surface area contributed by atoms with Crippen molar-refractivity contribution in [2.75, 3.05) is 25.5 Å². The Morgan fingerprint density at radius 3 is 2.62 bits per heavy atom. The Kier molecular flexibility index (Phi) is 6.28. The first-order valence-corrected chi connectivity index (χ1v) is 11.5. The van der Waals surface area contributed by atoms with Crippen molar-refractivity contribution < 1.29 is 14.3 Å². The van der Waals surface area contributed by atoms with Crippen LogP contribution < -0.4 is 10.1 Å². The molecule has 0 saturated carbocycles. The van der Waals surface area contributed by atoms with Crippen molar-refractivity contribution >= 4 is 39.2 Å². The molecule has 2 aromatic heterocycles. The van der Waals surface area contributed by atoms with Gasteiger partial charge in [0.1, 0.15) is 16.0 Å². The monoisotopic (exact) mass is 501 g/mol. The third-order valence-corrected chi connectivity index (χ3v) is 6.04. The lowest BCUT2D eigenvalue weighted by atomic mass is 9.89. The van der Waals surface area contributed by atoms with E-state index in [1.165, 1.54) is 5.56 Å². The first-order valence-electron chi connectivity index (χ1n) is 10.7. The van der Waals surface area contributed by atoms with Crippen molar-refractivity contribution in [1.29, 1.82) is 0 Å². The Morgan fingerprint density at radius 2 is 1.94 bits per heavy atom. The SMILES string of the molecule is COc1cc(C2CCN(C(=O)OC(C)(C)C)CC2)ccc1Nc1ncc2ccc(Br)n2n1. The number of methoxy groups -OCH3 is 1. The van der Waals surface area contributed by atoms with E-state index in [0.717, 1.165) is 34.4 Å². The van der Waals surface area contributed by atoms with Gasteiger partial charge in [-0.1, -0.05) is 6.07 Å². The fourth-order valence-corrected chi connectivity index (χ4v) is 4.25. The lowest BCUT2D eigenvalue weighted by Gasteiger charge is -2.33. The van der Waals surface area contributed by atoms with Crippen LogP contribution in [-0.2, 0) is 4.74 Å². The Balaban J connectivity index is 1.44. The van der Waals surface area contributed by atoms with Crippen molar-refractivity contribution in [1.82, 2.24) is 19.5 Å². The highest BCUT2D eigenvalue weighted by Gasteiger charge is 2.27. The fourth-order valence-electron chi connectivity index (χ4n) is 3.83. The smallest absolute Gasteiger partial charge is 0.410 e. The van der Waals surface area contributed by atoms with E-state index >= 15 is 0 Å². The normalized spacial score (nSPS) is 15.1. The van der Waals surface area contributed by atoms with E-state index in [4.69, 9.17) is 9.47 Å². The van der Waals surface area contributed by atoms with Gasteiger partial charge in [-0.3, -0.25) is 0 Å². The molecule has 1 fully saturated rings. The number of amides is 1. The van der Waals surface area contributed by atoms with Gasteiger partial charge < -0.3 is 19.7 Å². The van der Waals surface area contributed by atoms with Crippen LogP contribution in [0, 0.1) is 0 Å². The summed E-state index contributed by atoms with van der Waals surface area (Å²) in [6.45, 7) is 7.03. The van der Waals surface area contributed by atoms with Gasteiger partial charge in [-0.05, 0) is 85.3 Å². The topological polar surface area (TPSA) is 81.0 Å². The van der Waals surface area contributed by atoms with Gasteiger partial charge in [-0.2, -0.15) is 0 Å². The van der Waals surface area contributed by atoms with Gasteiger partial charge in [0.05, 0.1) is 24.5 Å². The Morgan fingerprint density at radius 1 is 1.19 bits per heavy atom. The molecule has 8 nitrogen and oxygen atoms in total. The highest BCUT2D eigenvalue weighted by molar-refractivity contribution is 9.10. The van der Waals surface area contributed by atoms with Crippen LogP contribution in [0.15, 0.2) is 41.1 Å². The lowest BCUT2D eigenvalue weighted by Crippen LogP contribution is -2.41. The molecule has 0 aliphatic carbocycles. The molecular formula is C23H28BrN5O3. The number of carbonyl (C=O) groups is 1. The molecule has 1 aliphatic heterocycles. The third-order valence-electron chi connectivity index (χ3n) is 5.44. The molecule has 0 bridgehead atoms. The zero-order valence-corrected chi connectivity index (χ0v) is 20.3. The number of ether oxygens (including phenoxy) is 2. The summed E-state index contributed by atoms with van der Waals surface area (Å²) in [7, 11) is 1.65. The van der Waals surface area contributed by atoms with Crippen LogP contribution in [0.4, 0.5) is 16.4 Å². The average Bonchev–Trinajstić information content (AvgIpc) is 3.13. The molecule has 0 radical (unpaired) electrons. The Bertz CT molecular complexity index is 1120. The summed E-state index contributed by atoms with van der Waals surface area (Å²) in [5.41, 5.74) is 2.42. The van der Waals surface area contributed by atoms with Crippen molar-refractivity contribution in [2.45, 2.75) is 45.1 Å². The molecular weight excluding hydrogens is 474 g/mol. The van der Waals surface area contributed by atoms with E-state index in [-0.39, 0.29) is 6.09 Å². The molecule has 32 heavy (non-hydrogen) atoms. The second-order valence-corrected chi connectivity index (χ2v) is 9.71. The minimum absolute atomic E-state index is 0.237. The summed E-state index contributed by atoms with van der Waals surface area (Å²) >= 11 is 3.48. The van der Waals surface area contributed by atoms with Gasteiger partial charge in [-0.15, -0.1) is 5.10 Å². The molecule has 4 rings (SSSR count). The predicted molar refractivity (Wildman–Crippen MR) is 127 cm³/mol. The van der Waals surface area contributed by atoms with E-state index in [9.17, 15) is 4.79 Å². The average molecular weight is 502 g/mol. The van der Waals surface area contributed by atoms with E-state index in [1.807, 2.05) is 39.0 Å². The van der Waals surface area contributed by atoms with Gasteiger partial charge in [-0.25, -0.2) is 14.3 Å². The predicted octanol–water partition coefficient (Wildman–Crippen LogP) is 5.36. The van der Waals surface area contributed by atoms with E-state index in [1.54, 1.807) is 22.7 Å². The van der Waals surface area contributed by atoms with Crippen LogP contribution >= 0.6 is 15.9 Å². The van der Waals surface area contributed by atoms with Gasteiger partial charge >= 0.3 is 6.09 Å². The molecule has 9 heteroatoms. The highest BCUT2D eigenvalue weighted by Crippen LogP contribution is 2.35. The molecule has 3 aromatic rings. The van der Waals surface area contributed by atoms with Crippen LogP contribution in [0.25, 0.3) is 5.52 Å². The molecule has 170 valence electrons. The third kappa shape index (κ3) is 4.98. The zero-order chi connectivity index (χ0) is 22.9. The largest absolute Gasteiger partial charge is 0.495 e. The molecule has 1 saturated heterocycles. The summed E-state index contributed by atoms with van der Waals surface area (Å²) in [5.74, 6) is 1.57. The molecule has 0 unspecified atom stereocenters. The van der Waals surface area contributed by atoms with Crippen molar-refractivity contribution in [3.63, 3.8) is 0 Å². The number of nitrogens with zero attached hydrogens (tertiary/aromatic N) is 4. The first-order chi connectivity index (χ1) is 15.2. The van der Waals surface area contributed by atoms with E-state index in [0.29, 0.717) is 25.0 Å². The number of halogens is 1. The quantitative estimate of drug-likeness (QED) is 0.518. The Hall–Kier alpha value is -2.81. The number of anilines is 2. The maximum absolute atomic E-state index is 12.3. The van der Waals surface area contributed by atoms with Gasteiger partial charge in [0.25, 0.3) is 0 Å². The van der Waals surface area contributed by atoms with Crippen LogP contribution in [-0.4, -0.2) is 51.4 Å². The molecule has 0 atom stereocenters. The maximum atomic E-state index is 12.3. The Labute approximate surface area is 196 Å². The second kappa shape index (κ2) is 8.97. The minimum atomic E-state index is -0.476. The molecule has 0 spiro atoms. The number of hydrogen-bond donors (Lipinski definition) is 1.